The molecule has 1 aromatic rings. The highest BCUT2D eigenvalue weighted by molar-refractivity contribution is 5.96. The predicted octanol–water partition coefficient (Wildman–Crippen LogP) is 0.899. The minimum absolute atomic E-state index is 0.0441. The molecule has 1 atom stereocenters. The third-order valence-electron chi connectivity index (χ3n) is 2.64. The molecule has 21 heavy (non-hydrogen) atoms. The van der Waals surface area contributed by atoms with Gasteiger partial charge >= 0.3 is 6.18 Å². The molecule has 0 heterocycles. The second kappa shape index (κ2) is 7.07. The fourth-order valence-electron chi connectivity index (χ4n) is 1.46. The van der Waals surface area contributed by atoms with E-state index in [0.717, 1.165) is 24.3 Å². The van der Waals surface area contributed by atoms with Gasteiger partial charge in [0.15, 0.2) is 0 Å². The van der Waals surface area contributed by atoms with Crippen molar-refractivity contribution in [2.24, 2.45) is 5.73 Å². The first kappa shape index (κ1) is 17.0. The third kappa shape index (κ3) is 5.42. The molecule has 2 amide bonds. The van der Waals surface area contributed by atoms with Crippen molar-refractivity contribution < 1.29 is 22.8 Å². The average molecular weight is 303 g/mol. The number of rotatable bonds is 5. The van der Waals surface area contributed by atoms with E-state index in [0.29, 0.717) is 0 Å². The summed E-state index contributed by atoms with van der Waals surface area (Å²) in [5, 5.41) is 4.85. The Kier molecular flexibility index (Phi) is 5.71. The van der Waals surface area contributed by atoms with E-state index in [-0.39, 0.29) is 24.7 Å². The van der Waals surface area contributed by atoms with E-state index in [4.69, 9.17) is 5.73 Å². The van der Waals surface area contributed by atoms with Crippen molar-refractivity contribution in [3.8, 4) is 0 Å². The Bertz CT molecular complexity index is 500. The highest BCUT2D eigenvalue weighted by Gasteiger charge is 2.30. The maximum atomic E-state index is 12.4. The summed E-state index contributed by atoms with van der Waals surface area (Å²) in [5.41, 5.74) is 4.53. The molecular weight excluding hydrogens is 287 g/mol. The van der Waals surface area contributed by atoms with E-state index in [1.165, 1.54) is 0 Å². The molecule has 0 aliphatic rings. The van der Waals surface area contributed by atoms with E-state index in [1.54, 1.807) is 6.92 Å². The summed E-state index contributed by atoms with van der Waals surface area (Å²) in [6, 6.07) is 3.51. The maximum absolute atomic E-state index is 12.4. The second-order valence-electron chi connectivity index (χ2n) is 4.46. The molecule has 0 aliphatic carbocycles. The molecule has 4 N–H and O–H groups in total. The van der Waals surface area contributed by atoms with Crippen molar-refractivity contribution in [1.82, 2.24) is 10.6 Å². The van der Waals surface area contributed by atoms with Crippen molar-refractivity contribution in [2.75, 3.05) is 13.1 Å². The Hall–Kier alpha value is -2.09. The van der Waals surface area contributed by atoms with Gasteiger partial charge in [-0.05, 0) is 31.2 Å². The van der Waals surface area contributed by atoms with Crippen LogP contribution in [0.15, 0.2) is 24.3 Å². The van der Waals surface area contributed by atoms with Crippen molar-refractivity contribution >= 4 is 11.8 Å². The molecule has 0 unspecified atom stereocenters. The van der Waals surface area contributed by atoms with Gasteiger partial charge in [-0.2, -0.15) is 13.2 Å². The van der Waals surface area contributed by atoms with Crippen LogP contribution >= 0.6 is 0 Å². The first-order valence-corrected chi connectivity index (χ1v) is 6.19. The quantitative estimate of drug-likeness (QED) is 0.755. The zero-order valence-corrected chi connectivity index (χ0v) is 11.3. The number of halogens is 3. The Morgan fingerprint density at radius 1 is 1.24 bits per heavy atom. The fourth-order valence-corrected chi connectivity index (χ4v) is 1.46. The number of nitrogens with two attached hydrogens (primary N) is 1. The molecule has 0 saturated heterocycles. The van der Waals surface area contributed by atoms with E-state index in [9.17, 15) is 22.8 Å². The molecule has 1 rings (SSSR count). The summed E-state index contributed by atoms with van der Waals surface area (Å²) in [4.78, 5) is 23.1. The van der Waals surface area contributed by atoms with Gasteiger partial charge in [0.25, 0.3) is 5.91 Å². The number of carbonyl (C=O) groups is 2. The van der Waals surface area contributed by atoms with Crippen LogP contribution in [0.2, 0.25) is 0 Å². The second-order valence-corrected chi connectivity index (χ2v) is 4.46. The van der Waals surface area contributed by atoms with Crippen LogP contribution in [0.3, 0.4) is 0 Å². The van der Waals surface area contributed by atoms with Gasteiger partial charge in [-0.15, -0.1) is 0 Å². The van der Waals surface area contributed by atoms with E-state index >= 15 is 0 Å². The smallest absolute Gasteiger partial charge is 0.351 e. The van der Waals surface area contributed by atoms with Crippen LogP contribution in [-0.4, -0.2) is 30.9 Å². The van der Waals surface area contributed by atoms with Crippen molar-refractivity contribution in [3.05, 3.63) is 35.4 Å². The van der Waals surface area contributed by atoms with Crippen molar-refractivity contribution in [1.29, 1.82) is 0 Å². The number of benzene rings is 1. The number of carbonyl (C=O) groups excluding carboxylic acids is 2. The fraction of sp³-hybridized carbons (Fsp3) is 0.385. The first-order valence-electron chi connectivity index (χ1n) is 6.19. The van der Waals surface area contributed by atoms with E-state index < -0.39 is 23.6 Å². The topological polar surface area (TPSA) is 84.2 Å². The lowest BCUT2D eigenvalue weighted by Gasteiger charge is -2.12. The molecular formula is C13H16F3N3O2. The zero-order valence-electron chi connectivity index (χ0n) is 11.3. The highest BCUT2D eigenvalue weighted by Crippen LogP contribution is 2.28. The lowest BCUT2D eigenvalue weighted by atomic mass is 10.1. The molecule has 0 aromatic heterocycles. The minimum atomic E-state index is -4.45. The van der Waals surface area contributed by atoms with Crippen LogP contribution in [0.1, 0.15) is 22.8 Å². The predicted molar refractivity (Wildman–Crippen MR) is 70.4 cm³/mol. The van der Waals surface area contributed by atoms with Gasteiger partial charge in [0, 0.05) is 18.2 Å². The normalized spacial score (nSPS) is 12.6. The van der Waals surface area contributed by atoms with Gasteiger partial charge in [-0.3, -0.25) is 9.59 Å². The SMILES string of the molecule is C[C@@H](CN)NC(=O)CNC(=O)c1ccc(C(F)(F)F)cc1. The number of hydrogen-bond donors (Lipinski definition) is 3. The molecule has 0 aliphatic heterocycles. The zero-order chi connectivity index (χ0) is 16.0. The molecule has 0 saturated carbocycles. The van der Waals surface area contributed by atoms with E-state index in [2.05, 4.69) is 10.6 Å². The molecule has 0 spiro atoms. The molecule has 8 heteroatoms. The van der Waals surface area contributed by atoms with Gasteiger partial charge in [0.1, 0.15) is 0 Å². The van der Waals surface area contributed by atoms with Crippen LogP contribution in [0.5, 0.6) is 0 Å². The average Bonchev–Trinajstić information content (AvgIpc) is 2.43. The van der Waals surface area contributed by atoms with Gasteiger partial charge < -0.3 is 16.4 Å². The van der Waals surface area contributed by atoms with Crippen molar-refractivity contribution in [3.63, 3.8) is 0 Å². The Morgan fingerprint density at radius 3 is 2.29 bits per heavy atom. The van der Waals surface area contributed by atoms with Gasteiger partial charge in [-0.1, -0.05) is 0 Å². The van der Waals surface area contributed by atoms with Crippen LogP contribution in [-0.2, 0) is 11.0 Å². The first-order chi connectivity index (χ1) is 9.74. The molecule has 5 nitrogen and oxygen atoms in total. The van der Waals surface area contributed by atoms with Gasteiger partial charge in [0.2, 0.25) is 5.91 Å². The standard InChI is InChI=1S/C13H16F3N3O2/c1-8(6-17)19-11(20)7-18-12(21)9-2-4-10(5-3-9)13(14,15)16/h2-5,8H,6-7,17H2,1H3,(H,18,21)(H,19,20)/t8-/m0/s1. The Morgan fingerprint density at radius 2 is 1.81 bits per heavy atom. The number of hydrogen-bond acceptors (Lipinski definition) is 3. The van der Waals surface area contributed by atoms with Gasteiger partial charge in [0.05, 0.1) is 12.1 Å². The molecule has 0 radical (unpaired) electrons. The highest BCUT2D eigenvalue weighted by atomic mass is 19.4. The molecule has 0 fully saturated rings. The molecule has 1 aromatic carbocycles. The minimum Gasteiger partial charge on any atom is -0.351 e. The number of alkyl halides is 3. The number of amides is 2. The monoisotopic (exact) mass is 303 g/mol. The largest absolute Gasteiger partial charge is 0.416 e. The van der Waals surface area contributed by atoms with E-state index in [1.807, 2.05) is 0 Å². The third-order valence-corrected chi connectivity index (χ3v) is 2.64. The lowest BCUT2D eigenvalue weighted by Crippen LogP contribution is -2.43. The van der Waals surface area contributed by atoms with Crippen LogP contribution in [0.25, 0.3) is 0 Å². The summed E-state index contributed by atoms with van der Waals surface area (Å²) in [7, 11) is 0. The summed E-state index contributed by atoms with van der Waals surface area (Å²) in [6.07, 6.45) is -4.45. The maximum Gasteiger partial charge on any atom is 0.416 e. The van der Waals surface area contributed by atoms with Crippen LogP contribution in [0, 0.1) is 0 Å². The van der Waals surface area contributed by atoms with Crippen LogP contribution < -0.4 is 16.4 Å². The number of nitrogens with one attached hydrogen (secondary N) is 2. The summed E-state index contributed by atoms with van der Waals surface area (Å²) < 4.78 is 37.1. The Balaban J connectivity index is 2.55. The summed E-state index contributed by atoms with van der Waals surface area (Å²) in [5.74, 6) is -1.05. The summed E-state index contributed by atoms with van der Waals surface area (Å²) in [6.45, 7) is 1.69. The summed E-state index contributed by atoms with van der Waals surface area (Å²) >= 11 is 0. The lowest BCUT2D eigenvalue weighted by molar-refractivity contribution is -0.137. The Labute approximate surface area is 119 Å². The molecule has 116 valence electrons. The van der Waals surface area contributed by atoms with Gasteiger partial charge in [-0.25, -0.2) is 0 Å². The van der Waals surface area contributed by atoms with Crippen molar-refractivity contribution in [2.45, 2.75) is 19.1 Å². The van der Waals surface area contributed by atoms with Crippen LogP contribution in [0.4, 0.5) is 13.2 Å². The molecule has 0 bridgehead atoms.